The summed E-state index contributed by atoms with van der Waals surface area (Å²) in [6, 6.07) is 14.7. The molecule has 4 aromatic rings. The van der Waals surface area contributed by atoms with E-state index in [9.17, 15) is 4.39 Å². The molecule has 4 rings (SSSR count). The van der Waals surface area contributed by atoms with Gasteiger partial charge in [0.15, 0.2) is 0 Å². The second-order valence-corrected chi connectivity index (χ2v) is 7.41. The van der Waals surface area contributed by atoms with Crippen molar-refractivity contribution < 1.29 is 8.81 Å². The number of rotatable bonds is 4. The van der Waals surface area contributed by atoms with E-state index in [-0.39, 0.29) is 5.82 Å². The van der Waals surface area contributed by atoms with E-state index in [1.54, 1.807) is 25.4 Å². The Kier molecular flexibility index (Phi) is 5.32. The summed E-state index contributed by atoms with van der Waals surface area (Å²) in [6.45, 7) is 6.10. The van der Waals surface area contributed by atoms with Crippen LogP contribution in [0.5, 0.6) is 0 Å². The quantitative estimate of drug-likeness (QED) is 0.276. The molecule has 0 N–H and O–H groups in total. The maximum Gasteiger partial charge on any atom is 0.227 e. The number of hydrogen-bond donors (Lipinski definition) is 0. The largest absolute Gasteiger partial charge is 0.437 e. The average Bonchev–Trinajstić information content (AvgIpc) is 3.08. The highest BCUT2D eigenvalue weighted by Gasteiger charge is 2.15. The number of hydrogen-bond acceptors (Lipinski definition) is 3. The Hall–Kier alpha value is -3.53. The van der Waals surface area contributed by atoms with Gasteiger partial charge < -0.3 is 4.42 Å². The highest BCUT2D eigenvalue weighted by atomic mass is 19.1. The van der Waals surface area contributed by atoms with Crippen molar-refractivity contribution in [1.82, 2.24) is 4.98 Å². The minimum Gasteiger partial charge on any atom is -0.437 e. The summed E-state index contributed by atoms with van der Waals surface area (Å²) in [5.74, 6) is -0.255. The van der Waals surface area contributed by atoms with Crippen molar-refractivity contribution in [3.05, 3.63) is 88.9 Å². The Bertz CT molecular complexity index is 1320. The van der Waals surface area contributed by atoms with E-state index >= 15 is 0 Å². The van der Waals surface area contributed by atoms with Crippen LogP contribution >= 0.6 is 0 Å². The summed E-state index contributed by atoms with van der Waals surface area (Å²) >= 11 is 0. The lowest BCUT2D eigenvalue weighted by atomic mass is 9.97. The van der Waals surface area contributed by atoms with Crippen LogP contribution in [0.15, 0.2) is 70.1 Å². The van der Waals surface area contributed by atoms with Gasteiger partial charge in [-0.2, -0.15) is 0 Å². The van der Waals surface area contributed by atoms with Crippen LogP contribution in [0.2, 0.25) is 0 Å². The van der Waals surface area contributed by atoms with E-state index in [2.05, 4.69) is 42.0 Å². The van der Waals surface area contributed by atoms with Gasteiger partial charge in [0.2, 0.25) is 5.71 Å². The van der Waals surface area contributed by atoms with E-state index in [1.165, 1.54) is 12.1 Å². The number of aromatic nitrogens is 1. The Morgan fingerprint density at radius 1 is 0.967 bits per heavy atom. The fourth-order valence-corrected chi connectivity index (χ4v) is 3.69. The summed E-state index contributed by atoms with van der Waals surface area (Å²) in [5.41, 5.74) is 7.51. The van der Waals surface area contributed by atoms with Gasteiger partial charge in [0.1, 0.15) is 11.4 Å². The summed E-state index contributed by atoms with van der Waals surface area (Å²) in [6.07, 6.45) is 5.82. The zero-order valence-electron chi connectivity index (χ0n) is 17.5. The molecule has 2 aromatic heterocycles. The first-order chi connectivity index (χ1) is 14.5. The zero-order valence-corrected chi connectivity index (χ0v) is 17.5. The lowest BCUT2D eigenvalue weighted by Crippen LogP contribution is -1.89. The van der Waals surface area contributed by atoms with Gasteiger partial charge in [-0.15, -0.1) is 0 Å². The van der Waals surface area contributed by atoms with Crippen molar-refractivity contribution in [3.63, 3.8) is 0 Å². The van der Waals surface area contributed by atoms with Crippen LogP contribution in [0, 0.1) is 19.7 Å². The second kappa shape index (κ2) is 8.07. The number of furan rings is 1. The highest BCUT2D eigenvalue weighted by molar-refractivity contribution is 6.11. The van der Waals surface area contributed by atoms with Crippen LogP contribution < -0.4 is 0 Å². The molecule has 3 nitrogen and oxygen atoms in total. The SMILES string of the molecule is C/N=C/C(=C\C=C(/C)c1c(C)ccc2c1oc1nc(C)ccc12)c1ccc(F)cc1. The summed E-state index contributed by atoms with van der Waals surface area (Å²) in [5, 5.41) is 2.08. The number of nitrogens with zero attached hydrogens (tertiary/aromatic N) is 2. The van der Waals surface area contributed by atoms with Crippen molar-refractivity contribution in [2.75, 3.05) is 7.05 Å². The smallest absolute Gasteiger partial charge is 0.227 e. The van der Waals surface area contributed by atoms with E-state index in [1.807, 2.05) is 25.1 Å². The van der Waals surface area contributed by atoms with Crippen molar-refractivity contribution in [1.29, 1.82) is 0 Å². The van der Waals surface area contributed by atoms with Crippen molar-refractivity contribution in [2.24, 2.45) is 4.99 Å². The first-order valence-corrected chi connectivity index (χ1v) is 9.84. The standard InChI is InChI=1S/C26H23FN2O/c1-16(5-8-20(15-28-4)19-9-11-21(27)12-10-19)24-17(2)6-13-22-23-14-7-18(3)29-26(23)30-25(22)24/h5-15H,1-4H3/b16-5+,20-8+,28-15+. The minimum atomic E-state index is -0.255. The Balaban J connectivity index is 1.85. The van der Waals surface area contributed by atoms with Gasteiger partial charge in [0.25, 0.3) is 0 Å². The van der Waals surface area contributed by atoms with Gasteiger partial charge in [-0.3, -0.25) is 4.99 Å². The third kappa shape index (κ3) is 3.69. The molecule has 0 amide bonds. The topological polar surface area (TPSA) is 38.4 Å². The second-order valence-electron chi connectivity index (χ2n) is 7.41. The van der Waals surface area contributed by atoms with Gasteiger partial charge >= 0.3 is 0 Å². The van der Waals surface area contributed by atoms with E-state index in [4.69, 9.17) is 4.42 Å². The van der Waals surface area contributed by atoms with E-state index in [0.29, 0.717) is 5.71 Å². The fraction of sp³-hybridized carbons (Fsp3) is 0.154. The van der Waals surface area contributed by atoms with Gasteiger partial charge in [0.05, 0.1) is 0 Å². The van der Waals surface area contributed by atoms with Crippen LogP contribution in [0.4, 0.5) is 4.39 Å². The number of allylic oxidation sites excluding steroid dienone is 4. The van der Waals surface area contributed by atoms with Gasteiger partial charge in [-0.05, 0) is 67.3 Å². The first kappa shape index (κ1) is 19.8. The number of fused-ring (bicyclic) bond motifs is 3. The van der Waals surface area contributed by atoms with Crippen LogP contribution in [-0.2, 0) is 0 Å². The average molecular weight is 398 g/mol. The van der Waals surface area contributed by atoms with E-state index < -0.39 is 0 Å². The van der Waals surface area contributed by atoms with Gasteiger partial charge in [-0.1, -0.05) is 36.4 Å². The van der Waals surface area contributed by atoms with Crippen molar-refractivity contribution >= 4 is 39.4 Å². The predicted molar refractivity (Wildman–Crippen MR) is 123 cm³/mol. The number of halogens is 1. The monoisotopic (exact) mass is 398 g/mol. The molecule has 0 bridgehead atoms. The molecule has 0 aliphatic carbocycles. The molecule has 0 aliphatic rings. The molecule has 2 aromatic carbocycles. The lowest BCUT2D eigenvalue weighted by molar-refractivity contribution is 0.627. The molecule has 30 heavy (non-hydrogen) atoms. The van der Waals surface area contributed by atoms with E-state index in [0.717, 1.165) is 49.9 Å². The maximum absolute atomic E-state index is 13.3. The summed E-state index contributed by atoms with van der Waals surface area (Å²) in [7, 11) is 1.72. The Morgan fingerprint density at radius 3 is 2.43 bits per heavy atom. The molecule has 0 saturated heterocycles. The molecule has 2 heterocycles. The van der Waals surface area contributed by atoms with Gasteiger partial charge in [-0.25, -0.2) is 9.37 Å². The van der Waals surface area contributed by atoms with Crippen LogP contribution in [0.3, 0.4) is 0 Å². The molecule has 0 aliphatic heterocycles. The third-order valence-electron chi connectivity index (χ3n) is 5.21. The fourth-order valence-electron chi connectivity index (χ4n) is 3.69. The van der Waals surface area contributed by atoms with Crippen molar-refractivity contribution in [3.8, 4) is 0 Å². The first-order valence-electron chi connectivity index (χ1n) is 9.84. The highest BCUT2D eigenvalue weighted by Crippen LogP contribution is 2.35. The third-order valence-corrected chi connectivity index (χ3v) is 5.21. The van der Waals surface area contributed by atoms with Crippen LogP contribution in [0.25, 0.3) is 33.2 Å². The number of aryl methyl sites for hydroxylation is 2. The molecule has 0 atom stereocenters. The summed E-state index contributed by atoms with van der Waals surface area (Å²) in [4.78, 5) is 8.69. The Labute approximate surface area is 175 Å². The van der Waals surface area contributed by atoms with Crippen LogP contribution in [-0.4, -0.2) is 18.2 Å². The number of aliphatic imine (C=N–C) groups is 1. The molecular weight excluding hydrogens is 375 g/mol. The Morgan fingerprint density at radius 2 is 1.70 bits per heavy atom. The molecule has 0 spiro atoms. The molecular formula is C26H23FN2O. The molecule has 150 valence electrons. The maximum atomic E-state index is 13.3. The molecule has 4 heteroatoms. The molecule has 0 fully saturated rings. The van der Waals surface area contributed by atoms with Gasteiger partial charge in [0, 0.05) is 35.3 Å². The minimum absolute atomic E-state index is 0.255. The predicted octanol–water partition coefficient (Wildman–Crippen LogP) is 6.92. The lowest BCUT2D eigenvalue weighted by Gasteiger charge is -2.07. The normalized spacial score (nSPS) is 13.1. The van der Waals surface area contributed by atoms with Crippen molar-refractivity contribution in [2.45, 2.75) is 20.8 Å². The van der Waals surface area contributed by atoms with Crippen LogP contribution in [0.1, 0.15) is 29.3 Å². The summed E-state index contributed by atoms with van der Waals surface area (Å²) < 4.78 is 19.5. The molecule has 0 radical (unpaired) electrons. The number of pyridine rings is 1. The molecule has 0 unspecified atom stereocenters. The molecule has 0 saturated carbocycles. The number of benzene rings is 2. The zero-order chi connectivity index (χ0) is 21.3.